The van der Waals surface area contributed by atoms with Gasteiger partial charge in [-0.05, 0) is 55.8 Å². The molecule has 0 spiro atoms. The largest absolute Gasteiger partial charge is 0.409 e. The number of hydrogen-bond donors (Lipinski definition) is 2. The second-order valence-electron chi connectivity index (χ2n) is 13.7. The molecule has 0 heterocycles. The first-order chi connectivity index (χ1) is 16.4. The summed E-state index contributed by atoms with van der Waals surface area (Å²) in [5.41, 5.74) is 1.31. The second kappa shape index (κ2) is 15.8. The van der Waals surface area contributed by atoms with Gasteiger partial charge in [0.1, 0.15) is 0 Å². The van der Waals surface area contributed by atoms with Gasteiger partial charge in [0.25, 0.3) is 0 Å². The van der Waals surface area contributed by atoms with Crippen molar-refractivity contribution in [2.75, 3.05) is 6.61 Å². The van der Waals surface area contributed by atoms with Crippen LogP contribution < -0.4 is 0 Å². The maximum atomic E-state index is 11.2. The lowest BCUT2D eigenvalue weighted by Gasteiger charge is -2.41. The quantitative estimate of drug-likeness (QED) is 0.117. The summed E-state index contributed by atoms with van der Waals surface area (Å²) in [6, 6.07) is 0. The van der Waals surface area contributed by atoms with Crippen molar-refractivity contribution in [3.05, 3.63) is 35.1 Å². The summed E-state index contributed by atoms with van der Waals surface area (Å²) in [7, 11) is -3.95. The van der Waals surface area contributed by atoms with Gasteiger partial charge in [-0.15, -0.1) is 0 Å². The number of aliphatic hydroxyl groups excluding tert-OH is 2. The van der Waals surface area contributed by atoms with Crippen LogP contribution in [0.3, 0.4) is 0 Å². The van der Waals surface area contributed by atoms with Gasteiger partial charge in [0.05, 0.1) is 26.9 Å². The first-order valence-electron chi connectivity index (χ1n) is 14.4. The van der Waals surface area contributed by atoms with E-state index >= 15 is 0 Å². The Morgan fingerprint density at radius 3 is 1.97 bits per heavy atom. The number of aliphatic hydroxyl groups is 2. The molecule has 0 aromatic rings. The van der Waals surface area contributed by atoms with Gasteiger partial charge in [0, 0.05) is 0 Å². The zero-order valence-corrected chi connectivity index (χ0v) is 28.1. The van der Waals surface area contributed by atoms with Crippen LogP contribution in [0.15, 0.2) is 35.1 Å². The summed E-state index contributed by atoms with van der Waals surface area (Å²) >= 11 is 0. The molecule has 2 N–H and O–H groups in total. The van der Waals surface area contributed by atoms with Gasteiger partial charge in [0.15, 0.2) is 8.32 Å². The molecule has 0 saturated heterocycles. The van der Waals surface area contributed by atoms with Crippen molar-refractivity contribution in [1.82, 2.24) is 0 Å². The van der Waals surface area contributed by atoms with Crippen molar-refractivity contribution in [1.29, 1.82) is 0 Å². The first-order valence-corrected chi connectivity index (χ1v) is 20.3. The molecule has 0 aliphatic heterocycles. The molecule has 0 aromatic carbocycles. The van der Waals surface area contributed by atoms with E-state index in [2.05, 4.69) is 99.8 Å². The van der Waals surface area contributed by atoms with Gasteiger partial charge >= 0.3 is 0 Å². The van der Waals surface area contributed by atoms with E-state index < -0.39 is 28.6 Å². The lowest BCUT2D eigenvalue weighted by atomic mass is 10.1. The molecule has 0 unspecified atom stereocenters. The van der Waals surface area contributed by atoms with Gasteiger partial charge < -0.3 is 14.6 Å². The third-order valence-electron chi connectivity index (χ3n) is 8.60. The fourth-order valence-corrected chi connectivity index (χ4v) is 7.47. The summed E-state index contributed by atoms with van der Waals surface area (Å²) in [6.07, 6.45) is 17.2. The minimum atomic E-state index is -2.11. The van der Waals surface area contributed by atoms with E-state index in [1.54, 1.807) is 0 Å². The molecule has 36 heavy (non-hydrogen) atoms. The van der Waals surface area contributed by atoms with Gasteiger partial charge in [-0.25, -0.2) is 0 Å². The van der Waals surface area contributed by atoms with Crippen LogP contribution in [-0.4, -0.2) is 45.4 Å². The monoisotopic (exact) mass is 538 g/mol. The summed E-state index contributed by atoms with van der Waals surface area (Å²) in [4.78, 5) is 0. The van der Waals surface area contributed by atoms with E-state index in [0.717, 1.165) is 19.3 Å². The van der Waals surface area contributed by atoms with Gasteiger partial charge in [-0.1, -0.05) is 122 Å². The highest BCUT2D eigenvalue weighted by Gasteiger charge is 2.41. The number of allylic oxidation sites excluding steroid dienone is 5. The normalized spacial score (nSPS) is 16.6. The Kier molecular flexibility index (Phi) is 15.6. The lowest BCUT2D eigenvalue weighted by Crippen LogP contribution is -2.48. The Morgan fingerprint density at radius 1 is 0.889 bits per heavy atom. The molecule has 0 radical (unpaired) electrons. The third-order valence-corrected chi connectivity index (χ3v) is 18.9. The Labute approximate surface area is 227 Å². The minimum Gasteiger partial charge on any atom is -0.409 e. The standard InChI is InChI=1S/C31H62O3Si2/c1-13-14-15-16-17-18-19-21-26(2)22-20-23-27(35(9,10)30(3,4)5)24-28(33)29(25-32)34-36(11,12)31(6,7)8/h19,21-22,24,28-29,32-33H,13-18,20,23,25H2,1-12H3/b21-19+,26-22+,27-24-/t28-,29-/m1/s1. The zero-order chi connectivity index (χ0) is 28.2. The molecule has 2 atom stereocenters. The maximum absolute atomic E-state index is 11.2. The molecule has 5 heteroatoms. The van der Waals surface area contributed by atoms with Crippen LogP contribution in [0.2, 0.25) is 36.3 Å². The van der Waals surface area contributed by atoms with Crippen LogP contribution in [-0.2, 0) is 4.43 Å². The third kappa shape index (κ3) is 12.4. The molecule has 0 rings (SSSR count). The molecule has 0 saturated carbocycles. The van der Waals surface area contributed by atoms with Crippen LogP contribution in [0, 0.1) is 0 Å². The van der Waals surface area contributed by atoms with Crippen LogP contribution in [0.1, 0.15) is 107 Å². The van der Waals surface area contributed by atoms with E-state index in [1.807, 2.05) is 6.08 Å². The Balaban J connectivity index is 5.51. The predicted octanol–water partition coefficient (Wildman–Crippen LogP) is 9.35. The minimum absolute atomic E-state index is 0.0253. The average molecular weight is 539 g/mol. The van der Waals surface area contributed by atoms with E-state index in [0.29, 0.717) is 0 Å². The molecule has 0 amide bonds. The molecular formula is C31H62O3Si2. The van der Waals surface area contributed by atoms with E-state index in [-0.39, 0.29) is 16.7 Å². The fraction of sp³-hybridized carbons (Fsp3) is 0.806. The van der Waals surface area contributed by atoms with Crippen LogP contribution in [0.25, 0.3) is 0 Å². The highest BCUT2D eigenvalue weighted by Crippen LogP contribution is 2.43. The van der Waals surface area contributed by atoms with Crippen LogP contribution in [0.5, 0.6) is 0 Å². The van der Waals surface area contributed by atoms with E-state index in [1.165, 1.54) is 42.9 Å². The lowest BCUT2D eigenvalue weighted by molar-refractivity contribution is 0.0172. The van der Waals surface area contributed by atoms with Crippen molar-refractivity contribution in [2.45, 2.75) is 155 Å². The zero-order valence-electron chi connectivity index (χ0n) is 26.1. The SMILES string of the molecule is CCCCCCC/C=C/C(C)=C/CC/C(=C/[C@@H](O)[C@@H](CO)O[Si](C)(C)C(C)(C)C)[Si](C)(C)C(C)(C)C. The predicted molar refractivity (Wildman–Crippen MR) is 166 cm³/mol. The first kappa shape index (κ1) is 35.5. The highest BCUT2D eigenvalue weighted by molar-refractivity contribution is 6.86. The Bertz CT molecular complexity index is 706. The molecule has 0 bridgehead atoms. The van der Waals surface area contributed by atoms with Crippen LogP contribution in [0.4, 0.5) is 0 Å². The topological polar surface area (TPSA) is 49.7 Å². The summed E-state index contributed by atoms with van der Waals surface area (Å²) in [5, 5.41) is 22.9. The molecule has 0 fully saturated rings. The van der Waals surface area contributed by atoms with E-state index in [9.17, 15) is 10.2 Å². The summed E-state index contributed by atoms with van der Waals surface area (Å²) < 4.78 is 6.43. The van der Waals surface area contributed by atoms with Gasteiger partial charge in [-0.3, -0.25) is 0 Å². The van der Waals surface area contributed by atoms with Gasteiger partial charge in [0.2, 0.25) is 0 Å². The fourth-order valence-electron chi connectivity index (χ4n) is 3.83. The van der Waals surface area contributed by atoms with Crippen molar-refractivity contribution < 1.29 is 14.6 Å². The molecule has 212 valence electrons. The number of unbranched alkanes of at least 4 members (excludes halogenated alkanes) is 5. The summed E-state index contributed by atoms with van der Waals surface area (Å²) in [6.45, 7) is 27.0. The molecule has 0 aromatic heterocycles. The molecule has 0 aliphatic carbocycles. The maximum Gasteiger partial charge on any atom is 0.192 e. The highest BCUT2D eigenvalue weighted by atomic mass is 28.4. The number of hydrogen-bond acceptors (Lipinski definition) is 3. The van der Waals surface area contributed by atoms with Crippen molar-refractivity contribution in [2.24, 2.45) is 0 Å². The van der Waals surface area contributed by atoms with Crippen molar-refractivity contribution in [3.8, 4) is 0 Å². The second-order valence-corrected chi connectivity index (χ2v) is 23.9. The number of rotatable bonds is 16. The molecule has 0 aliphatic rings. The van der Waals surface area contributed by atoms with Gasteiger partial charge in [-0.2, -0.15) is 0 Å². The Hall–Kier alpha value is -0.466. The average Bonchev–Trinajstić information content (AvgIpc) is 2.74. The molecular weight excluding hydrogens is 477 g/mol. The van der Waals surface area contributed by atoms with E-state index in [4.69, 9.17) is 4.43 Å². The van der Waals surface area contributed by atoms with Crippen molar-refractivity contribution in [3.63, 3.8) is 0 Å². The summed E-state index contributed by atoms with van der Waals surface area (Å²) in [5.74, 6) is 0. The Morgan fingerprint density at radius 2 is 1.47 bits per heavy atom. The smallest absolute Gasteiger partial charge is 0.192 e. The molecule has 3 nitrogen and oxygen atoms in total. The van der Waals surface area contributed by atoms with Crippen LogP contribution >= 0.6 is 0 Å². The van der Waals surface area contributed by atoms with Crippen molar-refractivity contribution >= 4 is 16.4 Å².